The zero-order chi connectivity index (χ0) is 18.9. The normalized spacial score (nSPS) is 21.6. The van der Waals surface area contributed by atoms with Gasteiger partial charge in [-0.1, -0.05) is 94.9 Å². The van der Waals surface area contributed by atoms with Gasteiger partial charge in [-0.25, -0.2) is 0 Å². The maximum absolute atomic E-state index is 6.82. The maximum atomic E-state index is 6.82. The highest BCUT2D eigenvalue weighted by Gasteiger charge is 2.53. The Morgan fingerprint density at radius 1 is 0.704 bits per heavy atom. The van der Waals surface area contributed by atoms with Crippen molar-refractivity contribution in [2.45, 2.75) is 17.8 Å². The number of hydrogen-bond donors (Lipinski definition) is 0. The van der Waals surface area contributed by atoms with Crippen LogP contribution < -0.4 is 0 Å². The Morgan fingerprint density at radius 3 is 1.78 bits per heavy atom. The van der Waals surface area contributed by atoms with Crippen LogP contribution in [-0.4, -0.2) is 5.88 Å². The molecular formula is C22H13Cl5. The minimum Gasteiger partial charge on any atom is -0.127 e. The molecule has 0 nitrogen and oxygen atoms in total. The van der Waals surface area contributed by atoms with Crippen LogP contribution in [0.5, 0.6) is 0 Å². The second kappa shape index (κ2) is 6.31. The van der Waals surface area contributed by atoms with Gasteiger partial charge in [0.2, 0.25) is 0 Å². The van der Waals surface area contributed by atoms with E-state index in [1.165, 1.54) is 22.3 Å². The molecule has 0 N–H and O–H groups in total. The van der Waals surface area contributed by atoms with E-state index in [1.54, 1.807) is 0 Å². The van der Waals surface area contributed by atoms with Crippen molar-refractivity contribution in [3.05, 3.63) is 102 Å². The van der Waals surface area contributed by atoms with Crippen LogP contribution in [-0.2, 0) is 5.41 Å². The van der Waals surface area contributed by atoms with Gasteiger partial charge >= 0.3 is 0 Å². The lowest BCUT2D eigenvalue weighted by molar-refractivity contribution is 0.530. The molecule has 27 heavy (non-hydrogen) atoms. The van der Waals surface area contributed by atoms with Gasteiger partial charge in [-0.2, -0.15) is 0 Å². The van der Waals surface area contributed by atoms with Crippen LogP contribution in [0.4, 0.5) is 0 Å². The average molecular weight is 455 g/mol. The molecule has 2 bridgehead atoms. The summed E-state index contributed by atoms with van der Waals surface area (Å²) in [6.45, 7) is 0. The number of halogens is 5. The zero-order valence-corrected chi connectivity index (χ0v) is 17.8. The molecule has 5 heteroatoms. The van der Waals surface area contributed by atoms with Crippen molar-refractivity contribution in [1.82, 2.24) is 0 Å². The maximum Gasteiger partial charge on any atom is 0.0797 e. The minimum atomic E-state index is -0.492. The number of benzene rings is 3. The third kappa shape index (κ3) is 2.14. The van der Waals surface area contributed by atoms with E-state index in [-0.39, 0.29) is 5.92 Å². The van der Waals surface area contributed by atoms with E-state index in [1.807, 2.05) is 0 Å². The zero-order valence-electron chi connectivity index (χ0n) is 14.0. The number of hydrogen-bond acceptors (Lipinski definition) is 0. The first-order valence-electron chi connectivity index (χ1n) is 8.65. The molecule has 3 aromatic rings. The molecular weight excluding hydrogens is 442 g/mol. The number of rotatable bonds is 2. The Balaban J connectivity index is 2.04. The van der Waals surface area contributed by atoms with Gasteiger partial charge in [-0.3, -0.25) is 0 Å². The van der Waals surface area contributed by atoms with E-state index >= 15 is 0 Å². The van der Waals surface area contributed by atoms with E-state index in [0.29, 0.717) is 32.4 Å². The van der Waals surface area contributed by atoms with E-state index in [9.17, 15) is 0 Å². The first kappa shape index (κ1) is 18.2. The molecule has 0 atom stereocenters. The topological polar surface area (TPSA) is 0 Å². The molecule has 0 amide bonds. The standard InChI is InChI=1S/C22H13Cl5/c23-10-9-22-13-7-3-1-5-11(13)15(12-6-2-4-8-14(12)22)16-17(22)19(25)21(27)20(26)18(16)24/h1-8,15H,9-10H2. The molecule has 3 aliphatic carbocycles. The first-order valence-corrected chi connectivity index (χ1v) is 10.7. The van der Waals surface area contributed by atoms with Crippen LogP contribution in [0.15, 0.2) is 48.5 Å². The summed E-state index contributed by atoms with van der Waals surface area (Å²) < 4.78 is 0. The van der Waals surface area contributed by atoms with Gasteiger partial charge in [0.05, 0.1) is 20.1 Å². The van der Waals surface area contributed by atoms with Gasteiger partial charge in [0.25, 0.3) is 0 Å². The van der Waals surface area contributed by atoms with E-state index in [0.717, 1.165) is 11.1 Å². The fourth-order valence-corrected chi connectivity index (χ4v) is 6.46. The van der Waals surface area contributed by atoms with Crippen molar-refractivity contribution >= 4 is 58.0 Å². The van der Waals surface area contributed by atoms with Crippen molar-refractivity contribution in [1.29, 1.82) is 0 Å². The van der Waals surface area contributed by atoms with E-state index in [2.05, 4.69) is 48.5 Å². The second-order valence-electron chi connectivity index (χ2n) is 7.00. The monoisotopic (exact) mass is 452 g/mol. The minimum absolute atomic E-state index is 0.0237. The van der Waals surface area contributed by atoms with Crippen molar-refractivity contribution in [2.75, 3.05) is 5.88 Å². The van der Waals surface area contributed by atoms with Crippen LogP contribution in [0.3, 0.4) is 0 Å². The quantitative estimate of drug-likeness (QED) is 0.209. The van der Waals surface area contributed by atoms with Crippen molar-refractivity contribution < 1.29 is 0 Å². The molecule has 0 heterocycles. The summed E-state index contributed by atoms with van der Waals surface area (Å²) in [4.78, 5) is 0. The fraction of sp³-hybridized carbons (Fsp3) is 0.182. The largest absolute Gasteiger partial charge is 0.127 e. The Morgan fingerprint density at radius 2 is 1.22 bits per heavy atom. The highest BCUT2D eigenvalue weighted by Crippen LogP contribution is 2.64. The van der Waals surface area contributed by atoms with Crippen LogP contribution in [0.2, 0.25) is 20.1 Å². The van der Waals surface area contributed by atoms with Crippen molar-refractivity contribution in [3.8, 4) is 0 Å². The summed E-state index contributed by atoms with van der Waals surface area (Å²) in [6.07, 6.45) is 0.691. The van der Waals surface area contributed by atoms with Gasteiger partial charge in [0.15, 0.2) is 0 Å². The predicted molar refractivity (Wildman–Crippen MR) is 116 cm³/mol. The Hall–Kier alpha value is -0.890. The van der Waals surface area contributed by atoms with Crippen LogP contribution in [0, 0.1) is 0 Å². The fourth-order valence-electron chi connectivity index (χ4n) is 5.04. The van der Waals surface area contributed by atoms with E-state index < -0.39 is 5.41 Å². The molecule has 136 valence electrons. The lowest BCUT2D eigenvalue weighted by Gasteiger charge is -2.51. The summed E-state index contributed by atoms with van der Waals surface area (Å²) in [5, 5.41) is 1.57. The highest BCUT2D eigenvalue weighted by atomic mass is 35.5. The van der Waals surface area contributed by atoms with Crippen LogP contribution in [0.25, 0.3) is 0 Å². The van der Waals surface area contributed by atoms with Gasteiger partial charge in [-0.05, 0) is 39.8 Å². The Kier molecular flexibility index (Phi) is 4.24. The molecule has 0 radical (unpaired) electrons. The van der Waals surface area contributed by atoms with Gasteiger partial charge in [0.1, 0.15) is 0 Å². The van der Waals surface area contributed by atoms with Gasteiger partial charge in [-0.15, -0.1) is 11.6 Å². The molecule has 3 aliphatic rings. The average Bonchev–Trinajstić information content (AvgIpc) is 2.70. The second-order valence-corrected chi connectivity index (χ2v) is 8.89. The van der Waals surface area contributed by atoms with Crippen LogP contribution >= 0.6 is 58.0 Å². The Labute approximate surface area is 183 Å². The summed E-state index contributed by atoms with van der Waals surface area (Å²) in [5.41, 5.74) is 6.31. The summed E-state index contributed by atoms with van der Waals surface area (Å²) in [6, 6.07) is 16.9. The molecule has 3 aromatic carbocycles. The smallest absolute Gasteiger partial charge is 0.0797 e. The lowest BCUT2D eigenvalue weighted by Crippen LogP contribution is -2.43. The SMILES string of the molecule is ClCCC12c3ccccc3C(c3ccccc31)c1c(Cl)c(Cl)c(Cl)c(Cl)c12. The molecule has 0 saturated heterocycles. The first-order chi connectivity index (χ1) is 13.0. The molecule has 0 aromatic heterocycles. The summed E-state index contributed by atoms with van der Waals surface area (Å²) in [7, 11) is 0. The highest BCUT2D eigenvalue weighted by molar-refractivity contribution is 6.52. The summed E-state index contributed by atoms with van der Waals surface area (Å²) in [5.74, 6) is 0.449. The predicted octanol–water partition coefficient (Wildman–Crippen LogP) is 8.07. The number of alkyl halides is 1. The Bertz CT molecular complexity index is 1050. The molecule has 0 aliphatic heterocycles. The molecule has 0 fully saturated rings. The third-order valence-electron chi connectivity index (χ3n) is 5.95. The van der Waals surface area contributed by atoms with Crippen LogP contribution in [0.1, 0.15) is 45.7 Å². The van der Waals surface area contributed by atoms with Crippen molar-refractivity contribution in [3.63, 3.8) is 0 Å². The summed E-state index contributed by atoms with van der Waals surface area (Å²) >= 11 is 32.9. The van der Waals surface area contributed by atoms with E-state index in [4.69, 9.17) is 58.0 Å². The third-order valence-corrected chi connectivity index (χ3v) is 7.96. The van der Waals surface area contributed by atoms with Gasteiger partial charge < -0.3 is 0 Å². The molecule has 6 rings (SSSR count). The van der Waals surface area contributed by atoms with Gasteiger partial charge in [0, 0.05) is 17.2 Å². The lowest BCUT2D eigenvalue weighted by atomic mass is 9.52. The van der Waals surface area contributed by atoms with Crippen molar-refractivity contribution in [2.24, 2.45) is 0 Å². The molecule has 0 unspecified atom stereocenters. The molecule has 0 saturated carbocycles. The molecule has 0 spiro atoms.